The van der Waals surface area contributed by atoms with Gasteiger partial charge in [0.2, 0.25) is 0 Å². The van der Waals surface area contributed by atoms with Gasteiger partial charge in [0.15, 0.2) is 0 Å². The molecule has 4 heteroatoms. The van der Waals surface area contributed by atoms with Crippen LogP contribution >= 0.6 is 0 Å². The highest BCUT2D eigenvalue weighted by Gasteiger charge is 2.43. The molecule has 4 nitrogen and oxygen atoms in total. The largest absolute Gasteiger partial charge is 0.377 e. The molecule has 4 atom stereocenters. The number of likely N-dealkylation sites (tertiary alicyclic amines) is 1. The fraction of sp³-hybridized carbons (Fsp3) is 1.00. The summed E-state index contributed by atoms with van der Waals surface area (Å²) in [5, 5.41) is 3.78. The van der Waals surface area contributed by atoms with Crippen LogP contribution < -0.4 is 5.32 Å². The molecule has 2 rings (SSSR count). The van der Waals surface area contributed by atoms with Crippen molar-refractivity contribution in [3.05, 3.63) is 0 Å². The van der Waals surface area contributed by atoms with Crippen molar-refractivity contribution >= 4 is 0 Å². The Balaban J connectivity index is 2.05. The molecule has 2 fully saturated rings. The average Bonchev–Trinajstić information content (AvgIpc) is 2.88. The molecule has 0 aromatic heterocycles. The van der Waals surface area contributed by atoms with Crippen molar-refractivity contribution in [1.29, 1.82) is 0 Å². The fourth-order valence-electron chi connectivity index (χ4n) is 4.00. The summed E-state index contributed by atoms with van der Waals surface area (Å²) in [6, 6.07) is 1.23. The molecular weight excluding hydrogens is 264 g/mol. The molecule has 1 aliphatic heterocycles. The summed E-state index contributed by atoms with van der Waals surface area (Å²) < 4.78 is 11.2. The van der Waals surface area contributed by atoms with Crippen LogP contribution in [0, 0.1) is 5.41 Å². The van der Waals surface area contributed by atoms with E-state index in [2.05, 4.69) is 31.0 Å². The molecule has 0 radical (unpaired) electrons. The summed E-state index contributed by atoms with van der Waals surface area (Å²) in [5.74, 6) is 0. The molecule has 21 heavy (non-hydrogen) atoms. The van der Waals surface area contributed by atoms with Gasteiger partial charge in [0.25, 0.3) is 0 Å². The SMILES string of the molecule is CCCNC1CCC(C)(C)CC1N1CC(OC)C(OC)C1. The van der Waals surface area contributed by atoms with Gasteiger partial charge in [0, 0.05) is 39.4 Å². The van der Waals surface area contributed by atoms with Gasteiger partial charge in [0.1, 0.15) is 0 Å². The van der Waals surface area contributed by atoms with Crippen LogP contribution in [0.4, 0.5) is 0 Å². The zero-order chi connectivity index (χ0) is 15.5. The van der Waals surface area contributed by atoms with Crippen molar-refractivity contribution in [2.75, 3.05) is 33.9 Å². The minimum absolute atomic E-state index is 0.215. The standard InChI is InChI=1S/C17H34N2O2/c1-6-9-18-13-7-8-17(2,3)10-14(13)19-11-15(20-4)16(12-19)21-5/h13-16,18H,6-12H2,1-5H3. The van der Waals surface area contributed by atoms with E-state index < -0.39 is 0 Å². The van der Waals surface area contributed by atoms with Crippen LogP contribution in [0.3, 0.4) is 0 Å². The van der Waals surface area contributed by atoms with Crippen LogP contribution in [-0.2, 0) is 9.47 Å². The first-order chi connectivity index (χ1) is 10.0. The molecular formula is C17H34N2O2. The van der Waals surface area contributed by atoms with E-state index >= 15 is 0 Å². The summed E-state index contributed by atoms with van der Waals surface area (Å²) in [4.78, 5) is 2.61. The van der Waals surface area contributed by atoms with Crippen molar-refractivity contribution in [3.63, 3.8) is 0 Å². The van der Waals surface area contributed by atoms with Crippen molar-refractivity contribution in [1.82, 2.24) is 10.2 Å². The van der Waals surface area contributed by atoms with Crippen LogP contribution in [0.1, 0.15) is 46.5 Å². The molecule has 1 aliphatic carbocycles. The number of methoxy groups -OCH3 is 2. The molecule has 0 amide bonds. The molecule has 124 valence electrons. The first kappa shape index (κ1) is 17.2. The third-order valence-electron chi connectivity index (χ3n) is 5.33. The van der Waals surface area contributed by atoms with Crippen LogP contribution in [0.15, 0.2) is 0 Å². The Labute approximate surface area is 130 Å². The number of hydrogen-bond donors (Lipinski definition) is 1. The van der Waals surface area contributed by atoms with E-state index in [9.17, 15) is 0 Å². The van der Waals surface area contributed by atoms with Gasteiger partial charge in [-0.1, -0.05) is 20.8 Å². The van der Waals surface area contributed by atoms with Crippen LogP contribution in [-0.4, -0.2) is 63.0 Å². The quantitative estimate of drug-likeness (QED) is 0.816. The summed E-state index contributed by atoms with van der Waals surface area (Å²) in [6.07, 6.45) is 5.50. The van der Waals surface area contributed by atoms with Crippen molar-refractivity contribution < 1.29 is 9.47 Å². The van der Waals surface area contributed by atoms with Crippen LogP contribution in [0.5, 0.6) is 0 Å². The smallest absolute Gasteiger partial charge is 0.0971 e. The van der Waals surface area contributed by atoms with Gasteiger partial charge in [-0.05, 0) is 37.6 Å². The van der Waals surface area contributed by atoms with Gasteiger partial charge >= 0.3 is 0 Å². The zero-order valence-electron chi connectivity index (χ0n) is 14.5. The minimum atomic E-state index is 0.215. The maximum absolute atomic E-state index is 5.62. The maximum atomic E-state index is 5.62. The number of hydrogen-bond acceptors (Lipinski definition) is 4. The second kappa shape index (κ2) is 7.40. The Morgan fingerprint density at radius 2 is 1.76 bits per heavy atom. The first-order valence-electron chi connectivity index (χ1n) is 8.53. The summed E-state index contributed by atoms with van der Waals surface area (Å²) in [7, 11) is 3.61. The van der Waals surface area contributed by atoms with Gasteiger partial charge in [-0.15, -0.1) is 0 Å². The number of nitrogens with one attached hydrogen (secondary N) is 1. The molecule has 1 saturated carbocycles. The lowest BCUT2D eigenvalue weighted by Gasteiger charge is -2.45. The Bertz CT molecular complexity index is 310. The molecule has 0 aromatic carbocycles. The van der Waals surface area contributed by atoms with Gasteiger partial charge in [0.05, 0.1) is 12.2 Å². The molecule has 0 bridgehead atoms. The van der Waals surface area contributed by atoms with Crippen LogP contribution in [0.25, 0.3) is 0 Å². The highest BCUT2D eigenvalue weighted by Crippen LogP contribution is 2.38. The van der Waals surface area contributed by atoms with Gasteiger partial charge in [-0.3, -0.25) is 4.90 Å². The van der Waals surface area contributed by atoms with Gasteiger partial charge in [-0.2, -0.15) is 0 Å². The normalized spacial score (nSPS) is 37.0. The van der Waals surface area contributed by atoms with E-state index in [-0.39, 0.29) is 12.2 Å². The highest BCUT2D eigenvalue weighted by atomic mass is 16.5. The molecule has 0 spiro atoms. The monoisotopic (exact) mass is 298 g/mol. The summed E-state index contributed by atoms with van der Waals surface area (Å²) in [6.45, 7) is 10.2. The topological polar surface area (TPSA) is 33.7 Å². The Morgan fingerprint density at radius 3 is 2.29 bits per heavy atom. The molecule has 1 heterocycles. The zero-order valence-corrected chi connectivity index (χ0v) is 14.5. The van der Waals surface area contributed by atoms with E-state index in [1.54, 1.807) is 14.2 Å². The number of rotatable bonds is 6. The lowest BCUT2D eigenvalue weighted by molar-refractivity contribution is -0.00461. The van der Waals surface area contributed by atoms with Crippen molar-refractivity contribution in [2.24, 2.45) is 5.41 Å². The lowest BCUT2D eigenvalue weighted by atomic mass is 9.72. The highest BCUT2D eigenvalue weighted by molar-refractivity contribution is 4.99. The third kappa shape index (κ3) is 4.19. The van der Waals surface area contributed by atoms with Crippen molar-refractivity contribution in [3.8, 4) is 0 Å². The predicted molar refractivity (Wildman–Crippen MR) is 86.7 cm³/mol. The first-order valence-corrected chi connectivity index (χ1v) is 8.53. The molecule has 1 N–H and O–H groups in total. The van der Waals surface area contributed by atoms with Gasteiger partial charge in [-0.25, -0.2) is 0 Å². The minimum Gasteiger partial charge on any atom is -0.377 e. The average molecular weight is 298 g/mol. The molecule has 2 aliphatic rings. The third-order valence-corrected chi connectivity index (χ3v) is 5.33. The maximum Gasteiger partial charge on any atom is 0.0971 e. The lowest BCUT2D eigenvalue weighted by Crippen LogP contribution is -2.54. The Hall–Kier alpha value is -0.160. The Kier molecular flexibility index (Phi) is 6.06. The molecule has 0 aromatic rings. The predicted octanol–water partition coefficient (Wildman–Crippen LogP) is 2.28. The number of nitrogens with zero attached hydrogens (tertiary/aromatic N) is 1. The van der Waals surface area contributed by atoms with E-state index in [1.807, 2.05) is 0 Å². The molecule has 4 unspecified atom stereocenters. The number of ether oxygens (including phenoxy) is 2. The van der Waals surface area contributed by atoms with Crippen molar-refractivity contribution in [2.45, 2.75) is 70.7 Å². The van der Waals surface area contributed by atoms with E-state index in [0.29, 0.717) is 17.5 Å². The van der Waals surface area contributed by atoms with Crippen LogP contribution in [0.2, 0.25) is 0 Å². The molecule has 1 saturated heterocycles. The summed E-state index contributed by atoms with van der Waals surface area (Å²) >= 11 is 0. The second-order valence-corrected chi connectivity index (χ2v) is 7.54. The second-order valence-electron chi connectivity index (χ2n) is 7.54. The van der Waals surface area contributed by atoms with E-state index in [0.717, 1.165) is 19.6 Å². The Morgan fingerprint density at radius 1 is 1.14 bits per heavy atom. The van der Waals surface area contributed by atoms with Gasteiger partial charge < -0.3 is 14.8 Å². The fourth-order valence-corrected chi connectivity index (χ4v) is 4.00. The van der Waals surface area contributed by atoms with E-state index in [4.69, 9.17) is 9.47 Å². The van der Waals surface area contributed by atoms with E-state index in [1.165, 1.54) is 25.7 Å². The summed E-state index contributed by atoms with van der Waals surface area (Å²) in [5.41, 5.74) is 0.447.